The molecule has 1 atom stereocenters. The zero-order valence-electron chi connectivity index (χ0n) is 11.7. The Kier molecular flexibility index (Phi) is 5.28. The third kappa shape index (κ3) is 3.79. The second kappa shape index (κ2) is 6.98. The molecule has 0 fully saturated rings. The molecule has 2 N–H and O–H groups in total. The Bertz CT molecular complexity index is 619. The molecule has 0 saturated heterocycles. The Balaban J connectivity index is 2.22. The normalized spacial score (nSPS) is 12.7. The summed E-state index contributed by atoms with van der Waals surface area (Å²) in [6.07, 6.45) is 0. The van der Waals surface area contributed by atoms with Crippen LogP contribution in [0.5, 0.6) is 0 Å². The minimum absolute atomic E-state index is 0.0742. The lowest BCUT2D eigenvalue weighted by atomic mass is 10.0. The highest BCUT2D eigenvalue weighted by Crippen LogP contribution is 2.27. The van der Waals surface area contributed by atoms with Crippen LogP contribution < -0.4 is 5.73 Å². The Morgan fingerprint density at radius 2 is 1.90 bits per heavy atom. The molecule has 0 aromatic heterocycles. The van der Waals surface area contributed by atoms with Crippen molar-refractivity contribution in [2.75, 3.05) is 13.6 Å². The van der Waals surface area contributed by atoms with E-state index in [0.717, 1.165) is 5.56 Å². The zero-order valence-corrected chi connectivity index (χ0v) is 12.4. The van der Waals surface area contributed by atoms with Crippen LogP contribution in [0.2, 0.25) is 5.02 Å². The number of halogens is 3. The number of likely N-dealkylation sites (N-methyl/N-ethyl adjacent to an activating group) is 1. The molecule has 2 aromatic carbocycles. The summed E-state index contributed by atoms with van der Waals surface area (Å²) in [7, 11) is 1.82. The first kappa shape index (κ1) is 15.9. The first-order chi connectivity index (χ1) is 10.0. The van der Waals surface area contributed by atoms with Crippen molar-refractivity contribution in [2.45, 2.75) is 12.6 Å². The zero-order chi connectivity index (χ0) is 15.4. The largest absolute Gasteiger partial charge is 0.329 e. The van der Waals surface area contributed by atoms with E-state index < -0.39 is 5.82 Å². The topological polar surface area (TPSA) is 29.3 Å². The van der Waals surface area contributed by atoms with Gasteiger partial charge in [-0.2, -0.15) is 0 Å². The average molecular weight is 311 g/mol. The highest BCUT2D eigenvalue weighted by atomic mass is 35.5. The molecule has 0 aliphatic carbocycles. The fourth-order valence-corrected chi connectivity index (χ4v) is 2.54. The monoisotopic (exact) mass is 310 g/mol. The van der Waals surface area contributed by atoms with Crippen molar-refractivity contribution in [3.63, 3.8) is 0 Å². The standard InChI is InChI=1S/C16H17ClF2N2/c1-21(10-11-4-2-5-12(18)8-11)15(9-20)13-6-3-7-14(17)16(13)19/h2-8,15H,9-10,20H2,1H3. The first-order valence-corrected chi connectivity index (χ1v) is 6.99. The van der Waals surface area contributed by atoms with Gasteiger partial charge in [0.25, 0.3) is 0 Å². The highest BCUT2D eigenvalue weighted by molar-refractivity contribution is 6.30. The van der Waals surface area contributed by atoms with E-state index in [-0.39, 0.29) is 23.4 Å². The van der Waals surface area contributed by atoms with E-state index in [1.165, 1.54) is 18.2 Å². The van der Waals surface area contributed by atoms with Gasteiger partial charge in [0.2, 0.25) is 0 Å². The molecule has 0 aliphatic rings. The molecule has 2 rings (SSSR count). The van der Waals surface area contributed by atoms with Crippen molar-refractivity contribution >= 4 is 11.6 Å². The van der Waals surface area contributed by atoms with Crippen LogP contribution in [0, 0.1) is 11.6 Å². The van der Waals surface area contributed by atoms with Crippen molar-refractivity contribution in [1.82, 2.24) is 4.90 Å². The summed E-state index contributed by atoms with van der Waals surface area (Å²) in [5.41, 5.74) is 7.03. The van der Waals surface area contributed by atoms with Crippen LogP contribution in [-0.2, 0) is 6.54 Å². The molecule has 112 valence electrons. The molecular weight excluding hydrogens is 294 g/mol. The van der Waals surface area contributed by atoms with Gasteiger partial charge in [0, 0.05) is 24.7 Å². The lowest BCUT2D eigenvalue weighted by Gasteiger charge is -2.28. The summed E-state index contributed by atoms with van der Waals surface area (Å²) >= 11 is 5.82. The van der Waals surface area contributed by atoms with Crippen molar-refractivity contribution < 1.29 is 8.78 Å². The number of hydrogen-bond donors (Lipinski definition) is 1. The third-order valence-electron chi connectivity index (χ3n) is 3.42. The molecule has 0 bridgehead atoms. The summed E-state index contributed by atoms with van der Waals surface area (Å²) < 4.78 is 27.3. The second-order valence-electron chi connectivity index (χ2n) is 4.94. The molecule has 2 aromatic rings. The predicted octanol–water partition coefficient (Wildman–Crippen LogP) is 3.75. The molecule has 5 heteroatoms. The summed E-state index contributed by atoms with van der Waals surface area (Å²) in [5.74, 6) is -0.750. The van der Waals surface area contributed by atoms with Crippen molar-refractivity contribution in [3.05, 3.63) is 70.2 Å². The van der Waals surface area contributed by atoms with Crippen LogP contribution >= 0.6 is 11.6 Å². The lowest BCUT2D eigenvalue weighted by Crippen LogP contribution is -2.31. The maximum Gasteiger partial charge on any atom is 0.146 e. The van der Waals surface area contributed by atoms with E-state index >= 15 is 0 Å². The van der Waals surface area contributed by atoms with Gasteiger partial charge in [-0.05, 0) is 30.8 Å². The highest BCUT2D eigenvalue weighted by Gasteiger charge is 2.20. The Hall–Kier alpha value is -1.49. The van der Waals surface area contributed by atoms with Crippen molar-refractivity contribution in [3.8, 4) is 0 Å². The summed E-state index contributed by atoms with van der Waals surface area (Å²) in [5, 5.41) is 0.0742. The van der Waals surface area contributed by atoms with Gasteiger partial charge in [0.15, 0.2) is 0 Å². The fraction of sp³-hybridized carbons (Fsp3) is 0.250. The number of rotatable bonds is 5. The summed E-state index contributed by atoms with van der Waals surface area (Å²) in [6, 6.07) is 10.9. The minimum Gasteiger partial charge on any atom is -0.329 e. The molecule has 1 unspecified atom stereocenters. The van der Waals surface area contributed by atoms with Gasteiger partial charge in [-0.25, -0.2) is 8.78 Å². The molecule has 0 amide bonds. The number of nitrogens with two attached hydrogens (primary N) is 1. The van der Waals surface area contributed by atoms with Gasteiger partial charge in [-0.3, -0.25) is 4.90 Å². The first-order valence-electron chi connectivity index (χ1n) is 6.61. The predicted molar refractivity (Wildman–Crippen MR) is 81.1 cm³/mol. The van der Waals surface area contributed by atoms with Crippen LogP contribution in [0.1, 0.15) is 17.2 Å². The van der Waals surface area contributed by atoms with E-state index in [2.05, 4.69) is 0 Å². The van der Waals surface area contributed by atoms with E-state index in [1.807, 2.05) is 18.0 Å². The molecular formula is C16H17ClF2N2. The van der Waals surface area contributed by atoms with Gasteiger partial charge in [-0.15, -0.1) is 0 Å². The second-order valence-corrected chi connectivity index (χ2v) is 5.35. The molecule has 0 radical (unpaired) electrons. The van der Waals surface area contributed by atoms with Gasteiger partial charge < -0.3 is 5.73 Å². The summed E-state index contributed by atoms with van der Waals surface area (Å²) in [6.45, 7) is 0.703. The van der Waals surface area contributed by atoms with E-state index in [0.29, 0.717) is 12.1 Å². The van der Waals surface area contributed by atoms with Crippen molar-refractivity contribution in [2.24, 2.45) is 5.73 Å². The van der Waals surface area contributed by atoms with E-state index in [9.17, 15) is 8.78 Å². The average Bonchev–Trinajstić information content (AvgIpc) is 2.44. The molecule has 0 heterocycles. The Morgan fingerprint density at radius 3 is 2.57 bits per heavy atom. The maximum atomic E-state index is 14.1. The van der Waals surface area contributed by atoms with Crippen LogP contribution in [0.4, 0.5) is 8.78 Å². The number of hydrogen-bond acceptors (Lipinski definition) is 2. The Labute approximate surface area is 128 Å². The van der Waals surface area contributed by atoms with E-state index in [4.69, 9.17) is 17.3 Å². The smallest absolute Gasteiger partial charge is 0.146 e. The maximum absolute atomic E-state index is 14.1. The lowest BCUT2D eigenvalue weighted by molar-refractivity contribution is 0.236. The van der Waals surface area contributed by atoms with E-state index in [1.54, 1.807) is 18.2 Å². The number of nitrogens with zero attached hydrogens (tertiary/aromatic N) is 1. The van der Waals surface area contributed by atoms with Crippen LogP contribution in [-0.4, -0.2) is 18.5 Å². The van der Waals surface area contributed by atoms with Gasteiger partial charge in [0.05, 0.1) is 5.02 Å². The molecule has 0 saturated carbocycles. The Morgan fingerprint density at radius 1 is 1.19 bits per heavy atom. The quantitative estimate of drug-likeness (QED) is 0.911. The van der Waals surface area contributed by atoms with Crippen LogP contribution in [0.25, 0.3) is 0 Å². The van der Waals surface area contributed by atoms with Crippen LogP contribution in [0.15, 0.2) is 42.5 Å². The van der Waals surface area contributed by atoms with Gasteiger partial charge in [-0.1, -0.05) is 35.9 Å². The fourth-order valence-electron chi connectivity index (χ4n) is 2.36. The van der Waals surface area contributed by atoms with Gasteiger partial charge >= 0.3 is 0 Å². The third-order valence-corrected chi connectivity index (χ3v) is 3.71. The molecule has 0 aliphatic heterocycles. The van der Waals surface area contributed by atoms with Crippen LogP contribution in [0.3, 0.4) is 0 Å². The molecule has 0 spiro atoms. The SMILES string of the molecule is CN(Cc1cccc(F)c1)C(CN)c1cccc(Cl)c1F. The minimum atomic E-state index is -0.458. The van der Waals surface area contributed by atoms with Crippen molar-refractivity contribution in [1.29, 1.82) is 0 Å². The molecule has 2 nitrogen and oxygen atoms in total. The molecule has 21 heavy (non-hydrogen) atoms. The van der Waals surface area contributed by atoms with Gasteiger partial charge in [0.1, 0.15) is 11.6 Å². The summed E-state index contributed by atoms with van der Waals surface area (Å²) in [4.78, 5) is 1.88. The number of benzene rings is 2.